The summed E-state index contributed by atoms with van der Waals surface area (Å²) < 4.78 is 10.8. The van der Waals surface area contributed by atoms with Gasteiger partial charge in [-0.1, -0.05) is 11.6 Å². The molecule has 0 bridgehead atoms. The molecule has 0 radical (unpaired) electrons. The van der Waals surface area contributed by atoms with Gasteiger partial charge in [0.2, 0.25) is 0 Å². The zero-order valence-electron chi connectivity index (χ0n) is 10.9. The highest BCUT2D eigenvalue weighted by Gasteiger charge is 2.19. The molecule has 1 aromatic carbocycles. The molecule has 0 fully saturated rings. The molecular formula is C13H17ClN2O2. The molecule has 0 saturated heterocycles. The Balaban J connectivity index is 2.42. The zero-order valence-corrected chi connectivity index (χ0v) is 11.6. The third-order valence-electron chi connectivity index (χ3n) is 2.83. The van der Waals surface area contributed by atoms with E-state index in [0.717, 1.165) is 24.5 Å². The number of hydrogen-bond acceptors (Lipinski definition) is 4. The van der Waals surface area contributed by atoms with E-state index in [2.05, 4.69) is 9.89 Å². The quantitative estimate of drug-likeness (QED) is 0.841. The van der Waals surface area contributed by atoms with E-state index in [1.54, 1.807) is 7.11 Å². The Hall–Kier alpha value is -1.42. The van der Waals surface area contributed by atoms with Crippen molar-refractivity contribution in [2.75, 3.05) is 33.9 Å². The maximum atomic E-state index is 6.24. The minimum absolute atomic E-state index is 0.550. The third kappa shape index (κ3) is 2.38. The number of benzene rings is 1. The molecule has 0 aliphatic carbocycles. The number of amidine groups is 1. The summed E-state index contributed by atoms with van der Waals surface area (Å²) in [5.41, 5.74) is 0.959. The molecule has 1 aliphatic heterocycles. The van der Waals surface area contributed by atoms with Crippen LogP contribution in [0.5, 0.6) is 11.5 Å². The number of nitrogens with zero attached hydrogens (tertiary/aromatic N) is 2. The minimum atomic E-state index is 0.550. The molecule has 1 aromatic rings. The molecule has 0 N–H and O–H groups in total. The van der Waals surface area contributed by atoms with Crippen LogP contribution in [0.25, 0.3) is 0 Å². The minimum Gasteiger partial charge on any atom is -0.493 e. The summed E-state index contributed by atoms with van der Waals surface area (Å²) in [5.74, 6) is 2.17. The number of hydrogen-bond donors (Lipinski definition) is 0. The number of aliphatic imine (C=N–C) groups is 1. The summed E-state index contributed by atoms with van der Waals surface area (Å²) in [4.78, 5) is 6.57. The van der Waals surface area contributed by atoms with Crippen molar-refractivity contribution >= 4 is 17.4 Å². The summed E-state index contributed by atoms with van der Waals surface area (Å²) in [6.45, 7) is 4.22. The van der Waals surface area contributed by atoms with Gasteiger partial charge in [-0.3, -0.25) is 4.99 Å². The van der Waals surface area contributed by atoms with Crippen molar-refractivity contribution in [2.24, 2.45) is 4.99 Å². The van der Waals surface area contributed by atoms with Crippen molar-refractivity contribution in [3.8, 4) is 11.5 Å². The Bertz CT molecular complexity index is 474. The lowest BCUT2D eigenvalue weighted by Crippen LogP contribution is -2.23. The Morgan fingerprint density at radius 3 is 2.78 bits per heavy atom. The molecule has 0 spiro atoms. The van der Waals surface area contributed by atoms with Gasteiger partial charge in [-0.25, -0.2) is 0 Å². The van der Waals surface area contributed by atoms with Crippen molar-refractivity contribution < 1.29 is 9.47 Å². The van der Waals surface area contributed by atoms with Crippen molar-refractivity contribution in [1.82, 2.24) is 4.90 Å². The zero-order chi connectivity index (χ0) is 13.1. The van der Waals surface area contributed by atoms with Gasteiger partial charge in [-0.2, -0.15) is 0 Å². The number of halogens is 1. The van der Waals surface area contributed by atoms with Crippen LogP contribution < -0.4 is 9.47 Å². The topological polar surface area (TPSA) is 34.1 Å². The molecule has 98 valence electrons. The molecule has 0 saturated carbocycles. The lowest BCUT2D eigenvalue weighted by molar-refractivity contribution is 0.311. The first-order chi connectivity index (χ1) is 8.67. The Kier molecular flexibility index (Phi) is 3.97. The molecule has 0 amide bonds. The normalized spacial score (nSPS) is 14.7. The van der Waals surface area contributed by atoms with Crippen LogP contribution in [0.15, 0.2) is 17.1 Å². The molecule has 18 heavy (non-hydrogen) atoms. The summed E-state index contributed by atoms with van der Waals surface area (Å²) >= 11 is 6.24. The van der Waals surface area contributed by atoms with E-state index in [9.17, 15) is 0 Å². The fraction of sp³-hybridized carbons (Fsp3) is 0.462. The smallest absolute Gasteiger partial charge is 0.179 e. The molecule has 0 atom stereocenters. The van der Waals surface area contributed by atoms with Crippen LogP contribution in [-0.2, 0) is 0 Å². The lowest BCUT2D eigenvalue weighted by Gasteiger charge is -2.17. The summed E-state index contributed by atoms with van der Waals surface area (Å²) in [5, 5.41) is 0.550. The van der Waals surface area contributed by atoms with Gasteiger partial charge in [0.25, 0.3) is 0 Å². The highest BCUT2D eigenvalue weighted by atomic mass is 35.5. The summed E-state index contributed by atoms with van der Waals surface area (Å²) in [6.07, 6.45) is 0. The van der Waals surface area contributed by atoms with Crippen LogP contribution in [-0.4, -0.2) is 44.6 Å². The van der Waals surface area contributed by atoms with E-state index in [1.807, 2.05) is 26.1 Å². The molecule has 1 aliphatic rings. The van der Waals surface area contributed by atoms with Gasteiger partial charge in [0, 0.05) is 19.2 Å². The van der Waals surface area contributed by atoms with Crippen LogP contribution in [0, 0.1) is 0 Å². The first kappa shape index (κ1) is 13.0. The highest BCUT2D eigenvalue weighted by Crippen LogP contribution is 2.36. The first-order valence-electron chi connectivity index (χ1n) is 5.93. The maximum Gasteiger partial charge on any atom is 0.179 e. The average molecular weight is 269 g/mol. The highest BCUT2D eigenvalue weighted by molar-refractivity contribution is 6.32. The van der Waals surface area contributed by atoms with Gasteiger partial charge in [0.1, 0.15) is 5.84 Å². The van der Waals surface area contributed by atoms with E-state index in [-0.39, 0.29) is 0 Å². The molecule has 4 nitrogen and oxygen atoms in total. The van der Waals surface area contributed by atoms with Crippen LogP contribution >= 0.6 is 11.6 Å². The summed E-state index contributed by atoms with van der Waals surface area (Å²) in [7, 11) is 3.63. The second-order valence-corrected chi connectivity index (χ2v) is 4.46. The van der Waals surface area contributed by atoms with E-state index >= 15 is 0 Å². The molecule has 0 aromatic heterocycles. The van der Waals surface area contributed by atoms with Gasteiger partial charge in [-0.15, -0.1) is 0 Å². The Morgan fingerprint density at radius 2 is 2.22 bits per heavy atom. The standard InChI is InChI=1S/C13H17ClN2O2/c1-4-18-12-10(14)7-9(8-11(12)17-3)13-15-5-6-16(13)2/h7-8H,4-6H2,1-3H3. The van der Waals surface area contributed by atoms with Crippen LogP contribution in [0.2, 0.25) is 5.02 Å². The van der Waals surface area contributed by atoms with Gasteiger partial charge in [-0.05, 0) is 19.1 Å². The number of likely N-dealkylation sites (N-methyl/N-ethyl adjacent to an activating group) is 1. The van der Waals surface area contributed by atoms with Gasteiger partial charge >= 0.3 is 0 Å². The number of ether oxygens (including phenoxy) is 2. The monoisotopic (exact) mass is 268 g/mol. The van der Waals surface area contributed by atoms with Crippen molar-refractivity contribution in [3.63, 3.8) is 0 Å². The number of rotatable bonds is 4. The molecule has 5 heteroatoms. The van der Waals surface area contributed by atoms with Gasteiger partial charge in [0.05, 0.1) is 25.3 Å². The molecular weight excluding hydrogens is 252 g/mol. The van der Waals surface area contributed by atoms with E-state index in [1.165, 1.54) is 0 Å². The van der Waals surface area contributed by atoms with Crippen molar-refractivity contribution in [1.29, 1.82) is 0 Å². The lowest BCUT2D eigenvalue weighted by atomic mass is 10.1. The second kappa shape index (κ2) is 5.48. The average Bonchev–Trinajstić information content (AvgIpc) is 2.78. The molecule has 0 unspecified atom stereocenters. The van der Waals surface area contributed by atoms with Crippen LogP contribution in [0.4, 0.5) is 0 Å². The fourth-order valence-electron chi connectivity index (χ4n) is 1.98. The predicted molar refractivity (Wildman–Crippen MR) is 73.2 cm³/mol. The predicted octanol–water partition coefficient (Wildman–Crippen LogP) is 2.44. The molecule has 2 rings (SSSR count). The number of methoxy groups -OCH3 is 1. The van der Waals surface area contributed by atoms with Crippen LogP contribution in [0.3, 0.4) is 0 Å². The Labute approximate surface area is 112 Å². The van der Waals surface area contributed by atoms with E-state index < -0.39 is 0 Å². The Morgan fingerprint density at radius 1 is 1.44 bits per heavy atom. The van der Waals surface area contributed by atoms with Crippen molar-refractivity contribution in [3.05, 3.63) is 22.7 Å². The molecule has 1 heterocycles. The first-order valence-corrected chi connectivity index (χ1v) is 6.31. The largest absolute Gasteiger partial charge is 0.493 e. The van der Waals surface area contributed by atoms with E-state index in [0.29, 0.717) is 23.1 Å². The van der Waals surface area contributed by atoms with Crippen molar-refractivity contribution in [2.45, 2.75) is 6.92 Å². The SMILES string of the molecule is CCOc1c(Cl)cc(C2=NCCN2C)cc1OC. The fourth-order valence-corrected chi connectivity index (χ4v) is 2.24. The van der Waals surface area contributed by atoms with Gasteiger partial charge < -0.3 is 14.4 Å². The second-order valence-electron chi connectivity index (χ2n) is 4.05. The van der Waals surface area contributed by atoms with E-state index in [4.69, 9.17) is 21.1 Å². The maximum absolute atomic E-state index is 6.24. The van der Waals surface area contributed by atoms with Crippen LogP contribution in [0.1, 0.15) is 12.5 Å². The third-order valence-corrected chi connectivity index (χ3v) is 3.12. The summed E-state index contributed by atoms with van der Waals surface area (Å²) in [6, 6.07) is 3.78. The van der Waals surface area contributed by atoms with Gasteiger partial charge in [0.15, 0.2) is 11.5 Å².